The molecule has 2 aliphatic rings. The lowest BCUT2D eigenvalue weighted by Gasteiger charge is -2.23. The van der Waals surface area contributed by atoms with Gasteiger partial charge in [0.25, 0.3) is 5.91 Å². The number of rotatable bonds is 6. The van der Waals surface area contributed by atoms with E-state index >= 15 is 0 Å². The van der Waals surface area contributed by atoms with E-state index in [9.17, 15) is 13.2 Å². The van der Waals surface area contributed by atoms with Crippen LogP contribution < -0.4 is 14.8 Å². The van der Waals surface area contributed by atoms with Gasteiger partial charge in [-0.2, -0.15) is 0 Å². The number of ether oxygens (including phenoxy) is 1. The van der Waals surface area contributed by atoms with Crippen LogP contribution in [0.1, 0.15) is 49.9 Å². The minimum absolute atomic E-state index is 0.0128. The first-order chi connectivity index (χ1) is 11.8. The molecule has 3 atom stereocenters. The molecule has 2 N–H and O–H groups in total. The number of benzene rings is 1. The first-order valence-electron chi connectivity index (χ1n) is 8.81. The van der Waals surface area contributed by atoms with Gasteiger partial charge in [0.05, 0.1) is 17.6 Å². The fourth-order valence-electron chi connectivity index (χ4n) is 4.03. The Labute approximate surface area is 149 Å². The maximum atomic E-state index is 12.8. The molecule has 2 saturated carbocycles. The molecule has 1 amide bonds. The molecule has 0 radical (unpaired) electrons. The molecule has 6 nitrogen and oxygen atoms in total. The molecule has 0 heterocycles. The van der Waals surface area contributed by atoms with Gasteiger partial charge in [0, 0.05) is 12.1 Å². The minimum atomic E-state index is -3.66. The zero-order valence-corrected chi connectivity index (χ0v) is 15.7. The van der Waals surface area contributed by atoms with Crippen LogP contribution in [0.15, 0.2) is 23.1 Å². The molecular weight excluding hydrogens is 340 g/mol. The molecule has 0 aliphatic heterocycles. The van der Waals surface area contributed by atoms with Crippen LogP contribution in [0.2, 0.25) is 0 Å². The van der Waals surface area contributed by atoms with E-state index in [0.29, 0.717) is 17.6 Å². The Bertz CT molecular complexity index is 760. The summed E-state index contributed by atoms with van der Waals surface area (Å²) < 4.78 is 33.6. The lowest BCUT2D eigenvalue weighted by Crippen LogP contribution is -2.38. The Morgan fingerprint density at radius 3 is 2.56 bits per heavy atom. The van der Waals surface area contributed by atoms with Crippen molar-refractivity contribution in [1.82, 2.24) is 10.0 Å². The lowest BCUT2D eigenvalue weighted by atomic mass is 9.96. The highest BCUT2D eigenvalue weighted by Crippen LogP contribution is 2.44. The van der Waals surface area contributed by atoms with Crippen molar-refractivity contribution in [2.24, 2.45) is 11.8 Å². The van der Waals surface area contributed by atoms with E-state index in [-0.39, 0.29) is 28.4 Å². The highest BCUT2D eigenvalue weighted by Gasteiger charge is 2.41. The highest BCUT2D eigenvalue weighted by molar-refractivity contribution is 7.89. The summed E-state index contributed by atoms with van der Waals surface area (Å²) in [7, 11) is -2.20. The number of carbonyl (C=O) groups is 1. The second-order valence-electron chi connectivity index (χ2n) is 7.39. The molecule has 0 saturated heterocycles. The summed E-state index contributed by atoms with van der Waals surface area (Å²) >= 11 is 0. The number of carbonyl (C=O) groups excluding carboxylic acids is 1. The summed E-state index contributed by atoms with van der Waals surface area (Å²) in [5.74, 6) is 1.11. The minimum Gasteiger partial charge on any atom is -0.496 e. The predicted octanol–water partition coefficient (Wildman–Crippen LogP) is 2.30. The predicted molar refractivity (Wildman–Crippen MR) is 95.2 cm³/mol. The maximum Gasteiger partial charge on any atom is 0.255 e. The molecule has 2 bridgehead atoms. The molecule has 1 aromatic carbocycles. The summed E-state index contributed by atoms with van der Waals surface area (Å²) in [6.45, 7) is 3.70. The van der Waals surface area contributed by atoms with Gasteiger partial charge in [-0.15, -0.1) is 0 Å². The molecule has 3 rings (SSSR count). The van der Waals surface area contributed by atoms with Crippen molar-refractivity contribution in [2.45, 2.75) is 56.5 Å². The Morgan fingerprint density at radius 1 is 1.24 bits per heavy atom. The number of methoxy groups -OCH3 is 1. The van der Waals surface area contributed by atoms with E-state index in [1.165, 1.54) is 31.7 Å². The quantitative estimate of drug-likeness (QED) is 0.809. The monoisotopic (exact) mass is 366 g/mol. The van der Waals surface area contributed by atoms with Gasteiger partial charge in [-0.1, -0.05) is 6.42 Å². The summed E-state index contributed by atoms with van der Waals surface area (Å²) in [6.07, 6.45) is 4.35. The van der Waals surface area contributed by atoms with Crippen molar-refractivity contribution in [3.8, 4) is 5.75 Å². The summed E-state index contributed by atoms with van der Waals surface area (Å²) in [6, 6.07) is 4.38. The smallest absolute Gasteiger partial charge is 0.255 e. The number of fused-ring (bicyclic) bond motifs is 2. The van der Waals surface area contributed by atoms with Crippen LogP contribution in [0, 0.1) is 11.8 Å². The highest BCUT2D eigenvalue weighted by atomic mass is 32.2. The Morgan fingerprint density at radius 2 is 2.00 bits per heavy atom. The van der Waals surface area contributed by atoms with E-state index in [2.05, 4.69) is 10.0 Å². The number of hydrogen-bond donors (Lipinski definition) is 2. The fraction of sp³-hybridized carbons (Fsp3) is 0.611. The third-order valence-electron chi connectivity index (χ3n) is 5.19. The zero-order valence-electron chi connectivity index (χ0n) is 14.9. The van der Waals surface area contributed by atoms with E-state index in [0.717, 1.165) is 19.3 Å². The molecule has 1 aromatic rings. The first kappa shape index (κ1) is 18.2. The molecule has 0 spiro atoms. The number of sulfonamides is 1. The number of amides is 1. The Hall–Kier alpha value is -1.60. The average molecular weight is 366 g/mol. The van der Waals surface area contributed by atoms with Gasteiger partial charge >= 0.3 is 0 Å². The van der Waals surface area contributed by atoms with Gasteiger partial charge in [-0.3, -0.25) is 4.79 Å². The van der Waals surface area contributed by atoms with Crippen molar-refractivity contribution in [3.63, 3.8) is 0 Å². The largest absolute Gasteiger partial charge is 0.496 e. The van der Waals surface area contributed by atoms with Crippen molar-refractivity contribution in [3.05, 3.63) is 23.8 Å². The second kappa shape index (κ2) is 6.96. The molecule has 2 fully saturated rings. The van der Waals surface area contributed by atoms with Gasteiger partial charge in [-0.05, 0) is 63.1 Å². The molecule has 138 valence electrons. The first-order valence-corrected chi connectivity index (χ1v) is 10.3. The van der Waals surface area contributed by atoms with E-state index in [1.807, 2.05) is 13.8 Å². The number of nitrogens with one attached hydrogen (secondary N) is 2. The van der Waals surface area contributed by atoms with Crippen LogP contribution in [0.4, 0.5) is 0 Å². The van der Waals surface area contributed by atoms with Crippen molar-refractivity contribution in [2.75, 3.05) is 7.11 Å². The molecule has 0 unspecified atom stereocenters. The normalized spacial score (nSPS) is 25.4. The SMILES string of the molecule is COc1ccc(S(=O)(=O)N[C@H]2C[C@H]3CC[C@@H]2C3)cc1C(=O)NC(C)C. The molecule has 7 heteroatoms. The average Bonchev–Trinajstić information content (AvgIpc) is 3.15. The Kier molecular flexibility index (Phi) is 5.06. The van der Waals surface area contributed by atoms with Gasteiger partial charge in [-0.25, -0.2) is 13.1 Å². The number of hydrogen-bond acceptors (Lipinski definition) is 4. The van der Waals surface area contributed by atoms with E-state index in [1.54, 1.807) is 0 Å². The van der Waals surface area contributed by atoms with E-state index in [4.69, 9.17) is 4.74 Å². The van der Waals surface area contributed by atoms with Crippen molar-refractivity contribution in [1.29, 1.82) is 0 Å². The van der Waals surface area contributed by atoms with Crippen LogP contribution in [0.25, 0.3) is 0 Å². The van der Waals surface area contributed by atoms with E-state index < -0.39 is 10.0 Å². The topological polar surface area (TPSA) is 84.5 Å². The van der Waals surface area contributed by atoms with Crippen LogP contribution in [0.5, 0.6) is 5.75 Å². The third-order valence-corrected chi connectivity index (χ3v) is 6.68. The van der Waals surface area contributed by atoms with Crippen molar-refractivity contribution < 1.29 is 17.9 Å². The van der Waals surface area contributed by atoms with Gasteiger partial charge in [0.2, 0.25) is 10.0 Å². The van der Waals surface area contributed by atoms with Gasteiger partial charge < -0.3 is 10.1 Å². The summed E-state index contributed by atoms with van der Waals surface area (Å²) in [4.78, 5) is 12.5. The summed E-state index contributed by atoms with van der Waals surface area (Å²) in [5.41, 5.74) is 0.229. The molecule has 2 aliphatic carbocycles. The van der Waals surface area contributed by atoms with Crippen LogP contribution in [-0.4, -0.2) is 33.5 Å². The lowest BCUT2D eigenvalue weighted by molar-refractivity contribution is 0.0940. The zero-order chi connectivity index (χ0) is 18.2. The molecular formula is C18H26N2O4S. The second-order valence-corrected chi connectivity index (χ2v) is 9.11. The fourth-order valence-corrected chi connectivity index (χ4v) is 5.37. The Balaban J connectivity index is 1.84. The summed E-state index contributed by atoms with van der Waals surface area (Å²) in [5, 5.41) is 2.77. The van der Waals surface area contributed by atoms with Crippen LogP contribution in [-0.2, 0) is 10.0 Å². The molecule has 25 heavy (non-hydrogen) atoms. The van der Waals surface area contributed by atoms with Gasteiger partial charge in [0.1, 0.15) is 5.75 Å². The maximum absolute atomic E-state index is 12.8. The van der Waals surface area contributed by atoms with Crippen LogP contribution >= 0.6 is 0 Å². The molecule has 0 aromatic heterocycles. The van der Waals surface area contributed by atoms with Gasteiger partial charge in [0.15, 0.2) is 0 Å². The third kappa shape index (κ3) is 3.82. The van der Waals surface area contributed by atoms with Crippen LogP contribution in [0.3, 0.4) is 0 Å². The van der Waals surface area contributed by atoms with Crippen molar-refractivity contribution >= 4 is 15.9 Å². The standard InChI is InChI=1S/C18H26N2O4S/c1-11(2)19-18(21)15-10-14(6-7-17(15)24-3)25(22,23)20-16-9-12-4-5-13(16)8-12/h6-7,10-13,16,20H,4-5,8-9H2,1-3H3,(H,19,21)/t12-,13+,16-/m0/s1.